The number of fused-ring (bicyclic) bond motifs is 3. The lowest BCUT2D eigenvalue weighted by atomic mass is 9.89. The van der Waals surface area contributed by atoms with Crippen molar-refractivity contribution in [3.05, 3.63) is 52.8 Å². The van der Waals surface area contributed by atoms with Gasteiger partial charge in [-0.15, -0.1) is 5.10 Å². The number of methoxy groups -OCH3 is 2. The second-order valence-electron chi connectivity index (χ2n) is 7.60. The largest absolute Gasteiger partial charge is 0.497 e. The maximum Gasteiger partial charge on any atom is 0.266 e. The molecule has 8 nitrogen and oxygen atoms in total. The number of benzene rings is 1. The predicted octanol–water partition coefficient (Wildman–Crippen LogP) is 3.49. The SMILES string of the molecule is COc1ccc(-n2ccc3c(cnc4nc(C5CCCCC5)nn43)c2=O)c(OC)c1. The van der Waals surface area contributed by atoms with E-state index in [1.54, 1.807) is 53.9 Å². The summed E-state index contributed by atoms with van der Waals surface area (Å²) in [4.78, 5) is 22.3. The molecule has 1 aliphatic carbocycles. The zero-order chi connectivity index (χ0) is 20.7. The third kappa shape index (κ3) is 2.99. The standard InChI is InChI=1S/C22H23N5O3/c1-29-15-8-9-18(19(12-15)30-2)26-11-10-17-16(21(26)28)13-23-22-24-20(25-27(17)22)14-6-4-3-5-7-14/h8-14H,3-7H2,1-2H3. The minimum atomic E-state index is -0.194. The molecule has 1 aliphatic rings. The molecule has 30 heavy (non-hydrogen) atoms. The Labute approximate surface area is 173 Å². The number of ether oxygens (including phenoxy) is 2. The van der Waals surface area contributed by atoms with Gasteiger partial charge in [0.2, 0.25) is 0 Å². The zero-order valence-corrected chi connectivity index (χ0v) is 17.0. The summed E-state index contributed by atoms with van der Waals surface area (Å²) in [7, 11) is 3.16. The van der Waals surface area contributed by atoms with E-state index in [4.69, 9.17) is 14.6 Å². The van der Waals surface area contributed by atoms with Gasteiger partial charge >= 0.3 is 0 Å². The van der Waals surface area contributed by atoms with Crippen LogP contribution in [-0.2, 0) is 0 Å². The highest BCUT2D eigenvalue weighted by molar-refractivity contribution is 5.79. The summed E-state index contributed by atoms with van der Waals surface area (Å²) in [6.45, 7) is 0. The van der Waals surface area contributed by atoms with Gasteiger partial charge in [-0.05, 0) is 31.0 Å². The summed E-state index contributed by atoms with van der Waals surface area (Å²) in [5, 5.41) is 5.19. The molecule has 1 saturated carbocycles. The number of nitrogens with zero attached hydrogens (tertiary/aromatic N) is 5. The molecule has 0 aliphatic heterocycles. The Hall–Kier alpha value is -3.42. The van der Waals surface area contributed by atoms with Crippen LogP contribution in [0.15, 0.2) is 41.5 Å². The smallest absolute Gasteiger partial charge is 0.266 e. The van der Waals surface area contributed by atoms with E-state index in [2.05, 4.69) is 9.97 Å². The third-order valence-corrected chi connectivity index (χ3v) is 5.87. The average Bonchev–Trinajstić information content (AvgIpc) is 3.24. The number of rotatable bonds is 4. The van der Waals surface area contributed by atoms with Gasteiger partial charge in [0.1, 0.15) is 11.5 Å². The normalized spacial score (nSPS) is 15.0. The monoisotopic (exact) mass is 405 g/mol. The molecule has 0 amide bonds. The van der Waals surface area contributed by atoms with Crippen molar-refractivity contribution < 1.29 is 9.47 Å². The molecular formula is C22H23N5O3. The van der Waals surface area contributed by atoms with Crippen molar-refractivity contribution in [1.82, 2.24) is 24.1 Å². The Kier molecular flexibility index (Phi) is 4.61. The van der Waals surface area contributed by atoms with E-state index in [0.29, 0.717) is 39.8 Å². The van der Waals surface area contributed by atoms with Crippen molar-refractivity contribution in [2.75, 3.05) is 14.2 Å². The first kappa shape index (κ1) is 18.6. The van der Waals surface area contributed by atoms with Crippen LogP contribution in [0, 0.1) is 0 Å². The molecule has 0 unspecified atom stereocenters. The van der Waals surface area contributed by atoms with Crippen LogP contribution in [0.2, 0.25) is 0 Å². The number of pyridine rings is 1. The van der Waals surface area contributed by atoms with Crippen LogP contribution < -0.4 is 15.0 Å². The van der Waals surface area contributed by atoms with Crippen LogP contribution in [0.25, 0.3) is 22.4 Å². The molecule has 0 N–H and O–H groups in total. The van der Waals surface area contributed by atoms with E-state index < -0.39 is 0 Å². The van der Waals surface area contributed by atoms with Crippen molar-refractivity contribution in [2.45, 2.75) is 38.0 Å². The number of hydrogen-bond donors (Lipinski definition) is 0. The summed E-state index contributed by atoms with van der Waals surface area (Å²) in [5.74, 6) is 2.94. The Morgan fingerprint density at radius 1 is 1.07 bits per heavy atom. The van der Waals surface area contributed by atoms with Gasteiger partial charge in [0.15, 0.2) is 5.82 Å². The van der Waals surface area contributed by atoms with Gasteiger partial charge < -0.3 is 9.47 Å². The molecule has 3 heterocycles. The van der Waals surface area contributed by atoms with E-state index >= 15 is 0 Å². The van der Waals surface area contributed by atoms with Gasteiger partial charge in [0.25, 0.3) is 11.3 Å². The molecular weight excluding hydrogens is 382 g/mol. The summed E-state index contributed by atoms with van der Waals surface area (Å²) < 4.78 is 14.0. The first-order valence-electron chi connectivity index (χ1n) is 10.2. The van der Waals surface area contributed by atoms with Crippen molar-refractivity contribution in [1.29, 1.82) is 0 Å². The van der Waals surface area contributed by atoms with Gasteiger partial charge in [-0.3, -0.25) is 9.36 Å². The van der Waals surface area contributed by atoms with Crippen molar-refractivity contribution in [3.8, 4) is 17.2 Å². The van der Waals surface area contributed by atoms with Crippen LogP contribution in [-0.4, -0.2) is 38.4 Å². The lowest BCUT2D eigenvalue weighted by Gasteiger charge is -2.17. The summed E-state index contributed by atoms with van der Waals surface area (Å²) in [5.41, 5.74) is 1.13. The average molecular weight is 405 g/mol. The summed E-state index contributed by atoms with van der Waals surface area (Å²) in [6, 6.07) is 7.22. The maximum absolute atomic E-state index is 13.3. The van der Waals surface area contributed by atoms with Gasteiger partial charge in [0, 0.05) is 24.4 Å². The van der Waals surface area contributed by atoms with E-state index in [1.807, 2.05) is 6.07 Å². The molecule has 0 saturated heterocycles. The van der Waals surface area contributed by atoms with Crippen molar-refractivity contribution >= 4 is 16.7 Å². The molecule has 1 aromatic carbocycles. The Morgan fingerprint density at radius 2 is 1.90 bits per heavy atom. The molecule has 0 radical (unpaired) electrons. The Morgan fingerprint density at radius 3 is 2.67 bits per heavy atom. The fourth-order valence-corrected chi connectivity index (χ4v) is 4.24. The topological polar surface area (TPSA) is 83.5 Å². The molecule has 154 valence electrons. The van der Waals surface area contributed by atoms with Gasteiger partial charge in [0.05, 0.1) is 30.8 Å². The number of aromatic nitrogens is 5. The van der Waals surface area contributed by atoms with Crippen molar-refractivity contribution in [3.63, 3.8) is 0 Å². The van der Waals surface area contributed by atoms with E-state index in [0.717, 1.165) is 18.7 Å². The number of hydrogen-bond acceptors (Lipinski definition) is 6. The fourth-order valence-electron chi connectivity index (χ4n) is 4.24. The predicted molar refractivity (Wildman–Crippen MR) is 113 cm³/mol. The van der Waals surface area contributed by atoms with Gasteiger partial charge in [-0.1, -0.05) is 19.3 Å². The third-order valence-electron chi connectivity index (χ3n) is 5.87. The molecule has 5 rings (SSSR count). The fraction of sp³-hybridized carbons (Fsp3) is 0.364. The first-order chi connectivity index (χ1) is 14.7. The van der Waals surface area contributed by atoms with Gasteiger partial charge in [-0.2, -0.15) is 9.50 Å². The van der Waals surface area contributed by atoms with E-state index in [-0.39, 0.29) is 5.56 Å². The lowest BCUT2D eigenvalue weighted by Crippen LogP contribution is -2.19. The minimum absolute atomic E-state index is 0.194. The highest BCUT2D eigenvalue weighted by Gasteiger charge is 2.21. The van der Waals surface area contributed by atoms with Crippen LogP contribution in [0.1, 0.15) is 43.8 Å². The zero-order valence-electron chi connectivity index (χ0n) is 17.0. The van der Waals surface area contributed by atoms with Crippen LogP contribution in [0.3, 0.4) is 0 Å². The second-order valence-corrected chi connectivity index (χ2v) is 7.60. The Bertz CT molecular complexity index is 1290. The maximum atomic E-state index is 13.3. The van der Waals surface area contributed by atoms with Crippen LogP contribution >= 0.6 is 0 Å². The van der Waals surface area contributed by atoms with E-state index in [1.165, 1.54) is 19.3 Å². The first-order valence-corrected chi connectivity index (χ1v) is 10.2. The minimum Gasteiger partial charge on any atom is -0.497 e. The van der Waals surface area contributed by atoms with Crippen molar-refractivity contribution in [2.24, 2.45) is 0 Å². The summed E-state index contributed by atoms with van der Waals surface area (Å²) in [6.07, 6.45) is 9.23. The van der Waals surface area contributed by atoms with E-state index in [9.17, 15) is 4.79 Å². The second kappa shape index (κ2) is 7.44. The lowest BCUT2D eigenvalue weighted by molar-refractivity contribution is 0.393. The van der Waals surface area contributed by atoms with Crippen LogP contribution in [0.4, 0.5) is 0 Å². The van der Waals surface area contributed by atoms with Crippen LogP contribution in [0.5, 0.6) is 11.5 Å². The summed E-state index contributed by atoms with van der Waals surface area (Å²) >= 11 is 0. The highest BCUT2D eigenvalue weighted by atomic mass is 16.5. The molecule has 0 spiro atoms. The molecule has 4 aromatic rings. The highest BCUT2D eigenvalue weighted by Crippen LogP contribution is 2.31. The molecule has 8 heteroatoms. The van der Waals surface area contributed by atoms with Gasteiger partial charge in [-0.25, -0.2) is 4.98 Å². The molecule has 0 bridgehead atoms. The molecule has 3 aromatic heterocycles. The quantitative estimate of drug-likeness (QED) is 0.517. The molecule has 1 fully saturated rings. The Balaban J connectivity index is 1.64. The molecule has 0 atom stereocenters.